The number of fused-ring (bicyclic) bond motifs is 1. The fourth-order valence-electron chi connectivity index (χ4n) is 2.29. The van der Waals surface area contributed by atoms with Crippen LogP contribution in [0.1, 0.15) is 25.1 Å². The van der Waals surface area contributed by atoms with Crippen molar-refractivity contribution >= 4 is 5.82 Å². The van der Waals surface area contributed by atoms with Gasteiger partial charge in [-0.05, 0) is 25.0 Å². The zero-order chi connectivity index (χ0) is 11.7. The summed E-state index contributed by atoms with van der Waals surface area (Å²) >= 11 is 0. The Bertz CT molecular complexity index is 531. The SMILES string of the molecule is Nc1cc(-c2nnc3n2CCCCC3)ccn1. The Balaban J connectivity index is 2.06. The van der Waals surface area contributed by atoms with Crippen LogP contribution in [0.2, 0.25) is 0 Å². The van der Waals surface area contributed by atoms with Gasteiger partial charge in [0.15, 0.2) is 5.82 Å². The number of nitrogen functional groups attached to an aromatic ring is 1. The van der Waals surface area contributed by atoms with Crippen LogP contribution in [0, 0.1) is 0 Å². The highest BCUT2D eigenvalue weighted by molar-refractivity contribution is 5.58. The van der Waals surface area contributed by atoms with Gasteiger partial charge in [0, 0.05) is 24.7 Å². The van der Waals surface area contributed by atoms with Crippen LogP contribution in [0.15, 0.2) is 18.3 Å². The first-order chi connectivity index (χ1) is 8.34. The first-order valence-corrected chi connectivity index (χ1v) is 5.98. The molecule has 3 heterocycles. The highest BCUT2D eigenvalue weighted by atomic mass is 15.3. The molecule has 0 saturated heterocycles. The zero-order valence-electron chi connectivity index (χ0n) is 9.63. The second kappa shape index (κ2) is 4.16. The number of aromatic nitrogens is 4. The van der Waals surface area contributed by atoms with E-state index in [2.05, 4.69) is 19.7 Å². The van der Waals surface area contributed by atoms with E-state index in [4.69, 9.17) is 5.73 Å². The van der Waals surface area contributed by atoms with Gasteiger partial charge in [0.1, 0.15) is 11.6 Å². The summed E-state index contributed by atoms with van der Waals surface area (Å²) in [5.41, 5.74) is 6.70. The first-order valence-electron chi connectivity index (χ1n) is 5.98. The minimum absolute atomic E-state index is 0.522. The van der Waals surface area contributed by atoms with Gasteiger partial charge in [-0.3, -0.25) is 0 Å². The van der Waals surface area contributed by atoms with E-state index in [9.17, 15) is 0 Å². The van der Waals surface area contributed by atoms with Gasteiger partial charge in [-0.25, -0.2) is 4.98 Å². The lowest BCUT2D eigenvalue weighted by molar-refractivity contribution is 0.636. The molecule has 5 nitrogen and oxygen atoms in total. The lowest BCUT2D eigenvalue weighted by atomic mass is 10.2. The molecule has 3 rings (SSSR count). The summed E-state index contributed by atoms with van der Waals surface area (Å²) in [5, 5.41) is 8.55. The third-order valence-corrected chi connectivity index (χ3v) is 3.15. The molecule has 0 bridgehead atoms. The molecule has 2 aromatic rings. The second-order valence-corrected chi connectivity index (χ2v) is 4.37. The van der Waals surface area contributed by atoms with E-state index in [-0.39, 0.29) is 0 Å². The van der Waals surface area contributed by atoms with Crippen LogP contribution in [0.5, 0.6) is 0 Å². The maximum atomic E-state index is 5.70. The van der Waals surface area contributed by atoms with Gasteiger partial charge in [0.25, 0.3) is 0 Å². The van der Waals surface area contributed by atoms with Gasteiger partial charge in [0.2, 0.25) is 0 Å². The molecule has 2 aromatic heterocycles. The molecule has 0 fully saturated rings. The van der Waals surface area contributed by atoms with E-state index in [1.165, 1.54) is 19.3 Å². The molecule has 0 spiro atoms. The lowest BCUT2D eigenvalue weighted by Gasteiger charge is -2.06. The number of rotatable bonds is 1. The molecular formula is C12H15N5. The Morgan fingerprint density at radius 1 is 1.18 bits per heavy atom. The Morgan fingerprint density at radius 2 is 2.12 bits per heavy atom. The van der Waals surface area contributed by atoms with Gasteiger partial charge in [-0.2, -0.15) is 0 Å². The van der Waals surface area contributed by atoms with Crippen molar-refractivity contribution in [1.29, 1.82) is 0 Å². The number of nitrogens with zero attached hydrogens (tertiary/aromatic N) is 4. The average Bonchev–Trinajstić information content (AvgIpc) is 2.59. The predicted molar refractivity (Wildman–Crippen MR) is 65.2 cm³/mol. The second-order valence-electron chi connectivity index (χ2n) is 4.37. The van der Waals surface area contributed by atoms with Crippen LogP contribution in [0.4, 0.5) is 5.82 Å². The molecule has 0 aromatic carbocycles. The molecule has 0 unspecified atom stereocenters. The normalized spacial score (nSPS) is 15.3. The topological polar surface area (TPSA) is 69.6 Å². The molecule has 0 aliphatic carbocycles. The van der Waals surface area contributed by atoms with Gasteiger partial charge < -0.3 is 10.3 Å². The first kappa shape index (κ1) is 10.3. The van der Waals surface area contributed by atoms with Gasteiger partial charge in [-0.1, -0.05) is 6.42 Å². The van der Waals surface area contributed by atoms with E-state index < -0.39 is 0 Å². The summed E-state index contributed by atoms with van der Waals surface area (Å²) in [6.07, 6.45) is 6.40. The van der Waals surface area contributed by atoms with Crippen molar-refractivity contribution < 1.29 is 0 Å². The summed E-state index contributed by atoms with van der Waals surface area (Å²) in [6.45, 7) is 1.000. The highest BCUT2D eigenvalue weighted by Gasteiger charge is 2.15. The van der Waals surface area contributed by atoms with Crippen LogP contribution in [0.25, 0.3) is 11.4 Å². The maximum Gasteiger partial charge on any atom is 0.164 e. The van der Waals surface area contributed by atoms with E-state index in [0.717, 1.165) is 30.2 Å². The Hall–Kier alpha value is -1.91. The fraction of sp³-hybridized carbons (Fsp3) is 0.417. The van der Waals surface area contributed by atoms with Crippen LogP contribution < -0.4 is 5.73 Å². The molecule has 2 N–H and O–H groups in total. The van der Waals surface area contributed by atoms with Crippen molar-refractivity contribution in [2.75, 3.05) is 5.73 Å². The Labute approximate surface area is 99.7 Å². The molecule has 5 heteroatoms. The monoisotopic (exact) mass is 229 g/mol. The number of nitrogens with two attached hydrogens (primary N) is 1. The van der Waals surface area contributed by atoms with Crippen LogP contribution in [0.3, 0.4) is 0 Å². The minimum Gasteiger partial charge on any atom is -0.384 e. The quantitative estimate of drug-likeness (QED) is 0.807. The van der Waals surface area contributed by atoms with Crippen molar-refractivity contribution in [1.82, 2.24) is 19.7 Å². The van der Waals surface area contributed by atoms with Gasteiger partial charge >= 0.3 is 0 Å². The number of anilines is 1. The van der Waals surface area contributed by atoms with E-state index in [0.29, 0.717) is 5.82 Å². The molecule has 1 aliphatic heterocycles. The third kappa shape index (κ3) is 1.88. The summed E-state index contributed by atoms with van der Waals surface area (Å²) in [6, 6.07) is 3.78. The van der Waals surface area contributed by atoms with Crippen LogP contribution >= 0.6 is 0 Å². The molecule has 0 radical (unpaired) electrons. The fourth-order valence-corrected chi connectivity index (χ4v) is 2.29. The molecule has 0 atom stereocenters. The summed E-state index contributed by atoms with van der Waals surface area (Å²) < 4.78 is 2.21. The molecule has 1 aliphatic rings. The van der Waals surface area contributed by atoms with E-state index >= 15 is 0 Å². The van der Waals surface area contributed by atoms with Crippen molar-refractivity contribution in [2.24, 2.45) is 0 Å². The van der Waals surface area contributed by atoms with Crippen molar-refractivity contribution in [3.05, 3.63) is 24.2 Å². The Kier molecular flexibility index (Phi) is 2.51. The van der Waals surface area contributed by atoms with Crippen molar-refractivity contribution in [2.45, 2.75) is 32.2 Å². The van der Waals surface area contributed by atoms with E-state index in [1.807, 2.05) is 12.1 Å². The number of aryl methyl sites for hydroxylation is 1. The third-order valence-electron chi connectivity index (χ3n) is 3.15. The van der Waals surface area contributed by atoms with Crippen molar-refractivity contribution in [3.8, 4) is 11.4 Å². The van der Waals surface area contributed by atoms with E-state index in [1.54, 1.807) is 6.20 Å². The minimum atomic E-state index is 0.522. The highest BCUT2D eigenvalue weighted by Crippen LogP contribution is 2.22. The van der Waals surface area contributed by atoms with Crippen molar-refractivity contribution in [3.63, 3.8) is 0 Å². The number of hydrogen-bond acceptors (Lipinski definition) is 4. The van der Waals surface area contributed by atoms with Gasteiger partial charge in [0.05, 0.1) is 0 Å². The van der Waals surface area contributed by atoms with Crippen LogP contribution in [-0.4, -0.2) is 19.7 Å². The lowest BCUT2D eigenvalue weighted by Crippen LogP contribution is -2.03. The zero-order valence-corrected chi connectivity index (χ0v) is 9.63. The molecule has 88 valence electrons. The summed E-state index contributed by atoms with van der Waals surface area (Å²) in [5.74, 6) is 2.53. The average molecular weight is 229 g/mol. The molecule has 0 amide bonds. The summed E-state index contributed by atoms with van der Waals surface area (Å²) in [4.78, 5) is 4.00. The number of pyridine rings is 1. The van der Waals surface area contributed by atoms with Crippen LogP contribution in [-0.2, 0) is 13.0 Å². The smallest absolute Gasteiger partial charge is 0.164 e. The largest absolute Gasteiger partial charge is 0.384 e. The number of hydrogen-bond donors (Lipinski definition) is 1. The molecule has 0 saturated carbocycles. The Morgan fingerprint density at radius 3 is 3.00 bits per heavy atom. The maximum absolute atomic E-state index is 5.70. The summed E-state index contributed by atoms with van der Waals surface area (Å²) in [7, 11) is 0. The standard InChI is InChI=1S/C12H15N5/c13-10-8-9(5-6-14-10)12-16-15-11-4-2-1-3-7-17(11)12/h5-6,8H,1-4,7H2,(H2,13,14). The predicted octanol–water partition coefficient (Wildman–Crippen LogP) is 1.65. The van der Waals surface area contributed by atoms with Gasteiger partial charge in [-0.15, -0.1) is 10.2 Å². The molecule has 17 heavy (non-hydrogen) atoms. The molecular weight excluding hydrogens is 214 g/mol.